The predicted octanol–water partition coefficient (Wildman–Crippen LogP) is 1.37. The Morgan fingerprint density at radius 2 is 2.12 bits per heavy atom. The maximum Gasteiger partial charge on any atom is 0.293 e. The topological polar surface area (TPSA) is 126 Å². The van der Waals surface area contributed by atoms with E-state index in [0.29, 0.717) is 25.0 Å². The van der Waals surface area contributed by atoms with Crippen LogP contribution in [-0.4, -0.2) is 51.2 Å². The summed E-state index contributed by atoms with van der Waals surface area (Å²) in [7, 11) is -3.50. The summed E-state index contributed by atoms with van der Waals surface area (Å²) in [5.41, 5.74) is 0.000108. The van der Waals surface area contributed by atoms with Crippen molar-refractivity contribution in [2.45, 2.75) is 31.2 Å². The third-order valence-electron chi connectivity index (χ3n) is 4.07. The highest BCUT2D eigenvalue weighted by Gasteiger charge is 2.33. The van der Waals surface area contributed by atoms with Crippen molar-refractivity contribution in [2.75, 3.05) is 31.2 Å². The van der Waals surface area contributed by atoms with E-state index >= 15 is 0 Å². The Hall–Kier alpha value is -2.36. The summed E-state index contributed by atoms with van der Waals surface area (Å²) >= 11 is 0. The number of rotatable bonds is 8. The molecule has 0 spiro atoms. The lowest BCUT2D eigenvalue weighted by Gasteiger charge is -2.11. The van der Waals surface area contributed by atoms with Gasteiger partial charge in [-0.15, -0.1) is 0 Å². The number of nitrogens with zero attached hydrogens (tertiary/aromatic N) is 2. The molecule has 1 aromatic rings. The second kappa shape index (κ2) is 8.35. The summed E-state index contributed by atoms with van der Waals surface area (Å²) in [5, 5.41) is 20.7. The molecular formula is C16H25N5O4S. The largest absolute Gasteiger partial charge is 0.378 e. The molecule has 0 aromatic heterocycles. The Bertz CT molecular complexity index is 794. The zero-order valence-corrected chi connectivity index (χ0v) is 16.0. The number of anilines is 1. The highest BCUT2D eigenvalue weighted by atomic mass is 32.2. The van der Waals surface area contributed by atoms with Gasteiger partial charge in [-0.05, 0) is 31.4 Å². The second-order valence-corrected chi connectivity index (χ2v) is 8.38. The van der Waals surface area contributed by atoms with E-state index in [-0.39, 0.29) is 16.3 Å². The Labute approximate surface area is 153 Å². The molecule has 0 saturated heterocycles. The molecule has 9 nitrogen and oxygen atoms in total. The lowest BCUT2D eigenvalue weighted by Crippen LogP contribution is -2.39. The summed E-state index contributed by atoms with van der Waals surface area (Å²) in [5.74, 6) is 1.37. The van der Waals surface area contributed by atoms with E-state index in [2.05, 4.69) is 27.9 Å². The monoisotopic (exact) mass is 383 g/mol. The van der Waals surface area contributed by atoms with Gasteiger partial charge in [0.15, 0.2) is 15.8 Å². The summed E-state index contributed by atoms with van der Waals surface area (Å²) in [4.78, 5) is 15.0. The van der Waals surface area contributed by atoms with Gasteiger partial charge in [0, 0.05) is 31.5 Å². The van der Waals surface area contributed by atoms with Crippen LogP contribution in [0.25, 0.3) is 0 Å². The van der Waals surface area contributed by atoms with Gasteiger partial charge in [0.05, 0.1) is 16.4 Å². The molecule has 0 heterocycles. The van der Waals surface area contributed by atoms with Gasteiger partial charge in [0.2, 0.25) is 0 Å². The van der Waals surface area contributed by atoms with Crippen molar-refractivity contribution in [3.8, 4) is 0 Å². The first-order valence-electron chi connectivity index (χ1n) is 8.49. The standard InChI is InChI=1S/C16H25N5O4S/c1-4-17-16(20-14-9-11(14)2)19-8-7-18-13-6-5-12(26(3,24)25)10-15(13)21(22)23/h5-6,10-11,14,18H,4,7-9H2,1-3H3,(H2,17,19,20). The van der Waals surface area contributed by atoms with E-state index in [4.69, 9.17) is 0 Å². The van der Waals surface area contributed by atoms with Gasteiger partial charge < -0.3 is 16.0 Å². The molecule has 144 valence electrons. The van der Waals surface area contributed by atoms with E-state index in [9.17, 15) is 18.5 Å². The molecule has 2 unspecified atom stereocenters. The number of nitro groups is 1. The van der Waals surface area contributed by atoms with Gasteiger partial charge in [-0.3, -0.25) is 15.1 Å². The smallest absolute Gasteiger partial charge is 0.293 e. The van der Waals surface area contributed by atoms with Crippen molar-refractivity contribution in [2.24, 2.45) is 10.9 Å². The summed E-state index contributed by atoms with van der Waals surface area (Å²) in [6.07, 6.45) is 2.14. The van der Waals surface area contributed by atoms with E-state index in [1.54, 1.807) is 0 Å². The van der Waals surface area contributed by atoms with Gasteiger partial charge in [-0.25, -0.2) is 8.42 Å². The van der Waals surface area contributed by atoms with Crippen LogP contribution in [0.15, 0.2) is 28.1 Å². The van der Waals surface area contributed by atoms with Gasteiger partial charge in [-0.2, -0.15) is 0 Å². The van der Waals surface area contributed by atoms with Crippen LogP contribution in [0.2, 0.25) is 0 Å². The molecule has 0 amide bonds. The predicted molar refractivity (Wildman–Crippen MR) is 101 cm³/mol. The summed E-state index contributed by atoms with van der Waals surface area (Å²) < 4.78 is 23.1. The highest BCUT2D eigenvalue weighted by Crippen LogP contribution is 2.29. The van der Waals surface area contributed by atoms with Crippen molar-refractivity contribution in [3.63, 3.8) is 0 Å². The number of hydrogen-bond acceptors (Lipinski definition) is 6. The van der Waals surface area contributed by atoms with Crippen LogP contribution in [0.5, 0.6) is 0 Å². The third kappa shape index (κ3) is 5.58. The van der Waals surface area contributed by atoms with Crippen LogP contribution in [0.3, 0.4) is 0 Å². The molecule has 1 aliphatic rings. The van der Waals surface area contributed by atoms with Crippen molar-refractivity contribution < 1.29 is 13.3 Å². The Balaban J connectivity index is 1.99. The zero-order chi connectivity index (χ0) is 19.3. The normalized spacial score (nSPS) is 19.7. The van der Waals surface area contributed by atoms with Crippen LogP contribution < -0.4 is 16.0 Å². The van der Waals surface area contributed by atoms with Gasteiger partial charge in [-0.1, -0.05) is 6.92 Å². The number of guanidine groups is 1. The number of nitrogens with one attached hydrogen (secondary N) is 3. The Morgan fingerprint density at radius 1 is 1.42 bits per heavy atom. The summed E-state index contributed by atoms with van der Waals surface area (Å²) in [6.45, 7) is 5.70. The van der Waals surface area contributed by atoms with E-state index in [0.717, 1.165) is 31.2 Å². The Kier molecular flexibility index (Phi) is 6.41. The SMILES string of the molecule is CCNC(=NCCNc1ccc(S(C)(=O)=O)cc1[N+](=O)[O-])NC1CC1C. The lowest BCUT2D eigenvalue weighted by atomic mass is 10.2. The molecule has 2 atom stereocenters. The molecular weight excluding hydrogens is 358 g/mol. The van der Waals surface area contributed by atoms with Crippen molar-refractivity contribution in [1.29, 1.82) is 0 Å². The number of benzene rings is 1. The van der Waals surface area contributed by atoms with Crippen LogP contribution >= 0.6 is 0 Å². The first-order chi connectivity index (χ1) is 12.2. The minimum absolute atomic E-state index is 0.0787. The molecule has 10 heteroatoms. The lowest BCUT2D eigenvalue weighted by molar-refractivity contribution is -0.384. The second-order valence-electron chi connectivity index (χ2n) is 6.36. The highest BCUT2D eigenvalue weighted by molar-refractivity contribution is 7.90. The fourth-order valence-corrected chi connectivity index (χ4v) is 3.06. The van der Waals surface area contributed by atoms with E-state index < -0.39 is 14.8 Å². The molecule has 0 bridgehead atoms. The van der Waals surface area contributed by atoms with Gasteiger partial charge in [0.25, 0.3) is 5.69 Å². The molecule has 1 aliphatic carbocycles. The minimum Gasteiger partial charge on any atom is -0.378 e. The number of nitro benzene ring substituents is 1. The number of aliphatic imine (C=N–C) groups is 1. The zero-order valence-electron chi connectivity index (χ0n) is 15.2. The van der Waals surface area contributed by atoms with Gasteiger partial charge >= 0.3 is 0 Å². The molecule has 1 fully saturated rings. The average Bonchev–Trinajstić information content (AvgIpc) is 3.25. The molecule has 0 radical (unpaired) electrons. The number of sulfone groups is 1. The van der Waals surface area contributed by atoms with Gasteiger partial charge in [0.1, 0.15) is 5.69 Å². The van der Waals surface area contributed by atoms with Crippen molar-refractivity contribution in [3.05, 3.63) is 28.3 Å². The molecule has 3 N–H and O–H groups in total. The maximum absolute atomic E-state index is 11.6. The minimum atomic E-state index is -3.50. The molecule has 2 rings (SSSR count). The average molecular weight is 383 g/mol. The molecule has 1 aromatic carbocycles. The maximum atomic E-state index is 11.6. The fourth-order valence-electron chi connectivity index (χ4n) is 2.42. The van der Waals surface area contributed by atoms with E-state index in [1.807, 2.05) is 6.92 Å². The Morgan fingerprint density at radius 3 is 2.65 bits per heavy atom. The summed E-state index contributed by atoms with van der Waals surface area (Å²) in [6, 6.07) is 4.29. The van der Waals surface area contributed by atoms with Crippen LogP contribution in [0, 0.1) is 16.0 Å². The third-order valence-corrected chi connectivity index (χ3v) is 5.18. The first kappa shape index (κ1) is 20.0. The van der Waals surface area contributed by atoms with Crippen molar-refractivity contribution >= 4 is 27.2 Å². The molecule has 0 aliphatic heterocycles. The van der Waals surface area contributed by atoms with Crippen LogP contribution in [0.4, 0.5) is 11.4 Å². The first-order valence-corrected chi connectivity index (χ1v) is 10.4. The van der Waals surface area contributed by atoms with Crippen molar-refractivity contribution in [1.82, 2.24) is 10.6 Å². The number of hydrogen-bond donors (Lipinski definition) is 3. The molecule has 26 heavy (non-hydrogen) atoms. The quantitative estimate of drug-likeness (QED) is 0.203. The molecule has 1 saturated carbocycles. The van der Waals surface area contributed by atoms with Crippen LogP contribution in [0.1, 0.15) is 20.3 Å². The fraction of sp³-hybridized carbons (Fsp3) is 0.562. The van der Waals surface area contributed by atoms with E-state index in [1.165, 1.54) is 12.1 Å². The van der Waals surface area contributed by atoms with Crippen LogP contribution in [-0.2, 0) is 9.84 Å².